The van der Waals surface area contributed by atoms with E-state index in [9.17, 15) is 4.79 Å². The molecule has 160 valence electrons. The summed E-state index contributed by atoms with van der Waals surface area (Å²) in [5.74, 6) is -1.22. The Morgan fingerprint density at radius 2 is 1.76 bits per heavy atom. The number of fused-ring (bicyclic) bond motifs is 3. The average Bonchev–Trinajstić information content (AvgIpc) is 3.27. The average molecular weight is 467 g/mol. The third kappa shape index (κ3) is 3.93. The molecule has 0 bridgehead atoms. The van der Waals surface area contributed by atoms with Crippen molar-refractivity contribution in [1.29, 1.82) is 5.26 Å². The van der Waals surface area contributed by atoms with E-state index in [0.29, 0.717) is 0 Å². The molecule has 1 aliphatic rings. The molecule has 0 radical (unpaired) electrons. The Labute approximate surface area is 199 Å². The first-order valence-electron chi connectivity index (χ1n) is 10.2. The highest BCUT2D eigenvalue weighted by Gasteiger charge is 2.24. The van der Waals surface area contributed by atoms with Gasteiger partial charge in [-0.1, -0.05) is 54.2 Å². The van der Waals surface area contributed by atoms with Crippen LogP contribution in [0.1, 0.15) is 15.3 Å². The molecule has 0 atom stereocenters. The van der Waals surface area contributed by atoms with E-state index in [0.717, 1.165) is 15.3 Å². The SMILES string of the molecule is CN1c2ccccc2Sc2cc3ccccc3c(/C=C/c3ccc(/C=C(/C#N)C(=O)O)s3)c21. The van der Waals surface area contributed by atoms with Crippen LogP contribution in [0.5, 0.6) is 0 Å². The van der Waals surface area contributed by atoms with E-state index in [4.69, 9.17) is 10.4 Å². The van der Waals surface area contributed by atoms with Crippen LogP contribution in [0.25, 0.3) is 29.0 Å². The first-order valence-corrected chi connectivity index (χ1v) is 11.9. The first-order chi connectivity index (χ1) is 16.0. The molecule has 2 heterocycles. The molecule has 1 aliphatic heterocycles. The van der Waals surface area contributed by atoms with Crippen molar-refractivity contribution >= 4 is 69.4 Å². The highest BCUT2D eigenvalue weighted by Crippen LogP contribution is 2.51. The Morgan fingerprint density at radius 1 is 1.00 bits per heavy atom. The molecule has 0 fully saturated rings. The topological polar surface area (TPSA) is 64.3 Å². The van der Waals surface area contributed by atoms with Crippen LogP contribution in [-0.4, -0.2) is 18.1 Å². The summed E-state index contributed by atoms with van der Waals surface area (Å²) in [6.07, 6.45) is 5.59. The summed E-state index contributed by atoms with van der Waals surface area (Å²) in [6.45, 7) is 0. The predicted molar refractivity (Wildman–Crippen MR) is 137 cm³/mol. The quantitative estimate of drug-likeness (QED) is 0.253. The van der Waals surface area contributed by atoms with Gasteiger partial charge in [0.1, 0.15) is 11.6 Å². The lowest BCUT2D eigenvalue weighted by molar-refractivity contribution is -0.132. The first kappa shape index (κ1) is 21.1. The fraction of sp³-hybridized carbons (Fsp3) is 0.0370. The third-order valence-electron chi connectivity index (χ3n) is 5.51. The molecule has 4 nitrogen and oxygen atoms in total. The fourth-order valence-electron chi connectivity index (χ4n) is 3.98. The second-order valence-electron chi connectivity index (χ2n) is 7.54. The minimum Gasteiger partial charge on any atom is -0.477 e. The van der Waals surface area contributed by atoms with Crippen molar-refractivity contribution in [2.45, 2.75) is 9.79 Å². The van der Waals surface area contributed by atoms with Crippen molar-refractivity contribution in [3.05, 3.63) is 87.6 Å². The number of thiophene rings is 1. The van der Waals surface area contributed by atoms with E-state index < -0.39 is 5.97 Å². The standard InChI is InChI=1S/C27H18N2O2S2/c1-29-23-8-4-5-9-24(23)33-25-15-17-6-2-3-7-21(17)22(26(25)29)13-12-19-10-11-20(32-19)14-18(16-28)27(30)31/h2-15H,1H3,(H,30,31)/b13-12+,18-14-. The predicted octanol–water partition coefficient (Wildman–Crippen LogP) is 7.30. The minimum absolute atomic E-state index is 0.271. The molecule has 0 spiro atoms. The molecule has 33 heavy (non-hydrogen) atoms. The molecular weight excluding hydrogens is 448 g/mol. The van der Waals surface area contributed by atoms with Gasteiger partial charge in [-0.15, -0.1) is 11.3 Å². The summed E-state index contributed by atoms with van der Waals surface area (Å²) in [7, 11) is 2.10. The summed E-state index contributed by atoms with van der Waals surface area (Å²) >= 11 is 3.24. The second-order valence-corrected chi connectivity index (χ2v) is 9.77. The van der Waals surface area contributed by atoms with E-state index in [-0.39, 0.29) is 5.57 Å². The molecule has 0 aliphatic carbocycles. The smallest absolute Gasteiger partial charge is 0.346 e. The molecule has 1 aromatic heterocycles. The summed E-state index contributed by atoms with van der Waals surface area (Å²) < 4.78 is 0. The van der Waals surface area contributed by atoms with Gasteiger partial charge in [0.2, 0.25) is 0 Å². The number of hydrogen-bond donors (Lipinski definition) is 1. The van der Waals surface area contributed by atoms with Crippen molar-refractivity contribution in [1.82, 2.24) is 0 Å². The Kier molecular flexibility index (Phi) is 5.51. The van der Waals surface area contributed by atoms with Crippen LogP contribution < -0.4 is 4.90 Å². The van der Waals surface area contributed by atoms with Gasteiger partial charge in [0.15, 0.2) is 0 Å². The summed E-state index contributed by atoms with van der Waals surface area (Å²) in [5, 5.41) is 20.5. The van der Waals surface area contributed by atoms with Gasteiger partial charge in [0, 0.05) is 32.2 Å². The van der Waals surface area contributed by atoms with E-state index in [2.05, 4.69) is 78.7 Å². The number of benzene rings is 3. The largest absolute Gasteiger partial charge is 0.477 e. The van der Waals surface area contributed by atoms with E-state index in [1.165, 1.54) is 49.4 Å². The number of aliphatic carboxylic acids is 1. The Hall–Kier alpha value is -3.79. The monoisotopic (exact) mass is 466 g/mol. The van der Waals surface area contributed by atoms with Gasteiger partial charge in [0.05, 0.1) is 11.4 Å². The minimum atomic E-state index is -1.22. The van der Waals surface area contributed by atoms with Crippen LogP contribution >= 0.6 is 23.1 Å². The molecule has 0 unspecified atom stereocenters. The highest BCUT2D eigenvalue weighted by molar-refractivity contribution is 7.99. The van der Waals surface area contributed by atoms with Gasteiger partial charge in [0.25, 0.3) is 0 Å². The molecule has 0 amide bonds. The lowest BCUT2D eigenvalue weighted by Crippen LogP contribution is -2.16. The Bertz CT molecular complexity index is 1510. The van der Waals surface area contributed by atoms with Crippen LogP contribution in [0, 0.1) is 11.3 Å². The Morgan fingerprint density at radius 3 is 2.58 bits per heavy atom. The van der Waals surface area contributed by atoms with Crippen molar-refractivity contribution in [3.8, 4) is 6.07 Å². The molecule has 3 aromatic carbocycles. The summed E-state index contributed by atoms with van der Waals surface area (Å²) in [6, 6.07) is 24.6. The van der Waals surface area contributed by atoms with Gasteiger partial charge >= 0.3 is 5.97 Å². The third-order valence-corrected chi connectivity index (χ3v) is 7.60. The van der Waals surface area contributed by atoms with Gasteiger partial charge in [-0.3, -0.25) is 0 Å². The van der Waals surface area contributed by atoms with Crippen molar-refractivity contribution in [2.75, 3.05) is 11.9 Å². The highest BCUT2D eigenvalue weighted by atomic mass is 32.2. The molecular formula is C27H18N2O2S2. The van der Waals surface area contributed by atoms with Gasteiger partial charge in [-0.2, -0.15) is 5.26 Å². The van der Waals surface area contributed by atoms with Gasteiger partial charge in [-0.25, -0.2) is 4.79 Å². The lowest BCUT2D eigenvalue weighted by Gasteiger charge is -2.31. The number of rotatable bonds is 4. The van der Waals surface area contributed by atoms with Crippen LogP contribution in [0.4, 0.5) is 11.4 Å². The lowest BCUT2D eigenvalue weighted by atomic mass is 10.0. The maximum absolute atomic E-state index is 11.1. The Balaban J connectivity index is 1.60. The number of nitrogens with zero attached hydrogens (tertiary/aromatic N) is 2. The van der Waals surface area contributed by atoms with E-state index >= 15 is 0 Å². The fourth-order valence-corrected chi connectivity index (χ4v) is 6.05. The number of carbonyl (C=O) groups is 1. The van der Waals surface area contributed by atoms with Crippen molar-refractivity contribution < 1.29 is 9.90 Å². The number of hydrogen-bond acceptors (Lipinski definition) is 5. The number of nitriles is 1. The van der Waals surface area contributed by atoms with Crippen molar-refractivity contribution in [3.63, 3.8) is 0 Å². The maximum Gasteiger partial charge on any atom is 0.346 e. The normalized spacial score (nSPS) is 13.1. The van der Waals surface area contributed by atoms with Crippen LogP contribution in [0.15, 0.2) is 82.1 Å². The van der Waals surface area contributed by atoms with Gasteiger partial charge in [-0.05, 0) is 53.3 Å². The van der Waals surface area contributed by atoms with Crippen LogP contribution in [0.2, 0.25) is 0 Å². The van der Waals surface area contributed by atoms with Crippen LogP contribution in [-0.2, 0) is 4.79 Å². The molecule has 6 heteroatoms. The number of carboxylic acids is 1. The second kappa shape index (κ2) is 8.62. The number of carboxylic acid groups (broad SMARTS) is 1. The molecule has 1 N–H and O–H groups in total. The number of anilines is 2. The zero-order valence-corrected chi connectivity index (χ0v) is 19.3. The van der Waals surface area contributed by atoms with Crippen molar-refractivity contribution in [2.24, 2.45) is 0 Å². The van der Waals surface area contributed by atoms with E-state index in [1.807, 2.05) is 12.1 Å². The molecule has 4 aromatic rings. The van der Waals surface area contributed by atoms with E-state index in [1.54, 1.807) is 17.8 Å². The van der Waals surface area contributed by atoms with Crippen LogP contribution in [0.3, 0.4) is 0 Å². The maximum atomic E-state index is 11.1. The molecule has 0 saturated carbocycles. The zero-order valence-electron chi connectivity index (χ0n) is 17.6. The van der Waals surface area contributed by atoms with Gasteiger partial charge < -0.3 is 10.0 Å². The number of para-hydroxylation sites is 1. The molecule has 5 rings (SSSR count). The zero-order chi connectivity index (χ0) is 22.9. The summed E-state index contributed by atoms with van der Waals surface area (Å²) in [5.41, 5.74) is 3.22. The summed E-state index contributed by atoms with van der Waals surface area (Å²) in [4.78, 5) is 17.5. The molecule has 0 saturated heterocycles.